The molecule has 1 aromatic rings. The van der Waals surface area contributed by atoms with Crippen molar-refractivity contribution in [3.8, 4) is 5.75 Å². The van der Waals surface area contributed by atoms with Crippen molar-refractivity contribution in [2.24, 2.45) is 0 Å². The molecule has 22 heavy (non-hydrogen) atoms. The summed E-state index contributed by atoms with van der Waals surface area (Å²) < 4.78 is 32.3. The van der Waals surface area contributed by atoms with E-state index in [9.17, 15) is 13.2 Å². The monoisotopic (exact) mass is 328 g/mol. The molecule has 1 rings (SSSR count). The van der Waals surface area contributed by atoms with Crippen LogP contribution in [0.4, 0.5) is 0 Å². The third kappa shape index (κ3) is 4.99. The highest BCUT2D eigenvalue weighted by Gasteiger charge is 2.24. The normalized spacial score (nSPS) is 12.7. The van der Waals surface area contributed by atoms with Crippen LogP contribution in [-0.2, 0) is 14.8 Å². The molecule has 124 valence electrons. The Morgan fingerprint density at radius 3 is 2.64 bits per heavy atom. The van der Waals surface area contributed by atoms with Crippen molar-refractivity contribution in [3.05, 3.63) is 23.8 Å². The molecule has 0 aliphatic heterocycles. The van der Waals surface area contributed by atoms with Crippen molar-refractivity contribution in [2.45, 2.75) is 44.6 Å². The van der Waals surface area contributed by atoms with E-state index in [0.29, 0.717) is 6.54 Å². The fourth-order valence-electron chi connectivity index (χ4n) is 1.89. The highest BCUT2D eigenvalue weighted by molar-refractivity contribution is 7.89. The van der Waals surface area contributed by atoms with Crippen LogP contribution in [0, 0.1) is 6.92 Å². The summed E-state index contributed by atoms with van der Waals surface area (Å²) in [6, 6.07) is 4.02. The SMILES string of the molecule is CCCCNC(=O)[C@H](C)NS(=O)(=O)c1cc(C)ccc1OC. The minimum atomic E-state index is -3.84. The molecule has 7 heteroatoms. The minimum absolute atomic E-state index is 0.0307. The molecule has 0 spiro atoms. The number of carbonyl (C=O) groups is 1. The average Bonchev–Trinajstić information content (AvgIpc) is 2.46. The van der Waals surface area contributed by atoms with Gasteiger partial charge in [-0.3, -0.25) is 4.79 Å². The second-order valence-corrected chi connectivity index (χ2v) is 6.82. The number of sulfonamides is 1. The largest absolute Gasteiger partial charge is 0.495 e. The van der Waals surface area contributed by atoms with Gasteiger partial charge >= 0.3 is 0 Å². The van der Waals surface area contributed by atoms with Gasteiger partial charge in [-0.15, -0.1) is 0 Å². The first-order valence-corrected chi connectivity index (χ1v) is 8.74. The first-order valence-electron chi connectivity index (χ1n) is 7.26. The molecule has 6 nitrogen and oxygen atoms in total. The van der Waals surface area contributed by atoms with Gasteiger partial charge in [0.1, 0.15) is 10.6 Å². The van der Waals surface area contributed by atoms with E-state index in [-0.39, 0.29) is 16.6 Å². The van der Waals surface area contributed by atoms with Crippen LogP contribution in [0.25, 0.3) is 0 Å². The van der Waals surface area contributed by atoms with Crippen LogP contribution in [0.5, 0.6) is 5.75 Å². The molecule has 1 atom stereocenters. The molecule has 0 saturated carbocycles. The summed E-state index contributed by atoms with van der Waals surface area (Å²) in [5.41, 5.74) is 0.793. The summed E-state index contributed by atoms with van der Waals surface area (Å²) in [4.78, 5) is 11.9. The molecule has 0 aromatic heterocycles. The molecule has 0 bridgehead atoms. The molecule has 0 aliphatic carbocycles. The Morgan fingerprint density at radius 1 is 1.36 bits per heavy atom. The fraction of sp³-hybridized carbons (Fsp3) is 0.533. The zero-order valence-corrected chi connectivity index (χ0v) is 14.3. The molecule has 1 aromatic carbocycles. The first-order chi connectivity index (χ1) is 10.3. The van der Waals surface area contributed by atoms with Crippen LogP contribution < -0.4 is 14.8 Å². The van der Waals surface area contributed by atoms with Crippen LogP contribution in [-0.4, -0.2) is 34.0 Å². The van der Waals surface area contributed by atoms with Gasteiger partial charge < -0.3 is 10.1 Å². The highest BCUT2D eigenvalue weighted by atomic mass is 32.2. The Balaban J connectivity index is 2.87. The van der Waals surface area contributed by atoms with Gasteiger partial charge in [0.2, 0.25) is 15.9 Å². The summed E-state index contributed by atoms with van der Waals surface area (Å²) in [6.45, 7) is 5.86. The van der Waals surface area contributed by atoms with Gasteiger partial charge in [-0.2, -0.15) is 4.72 Å². The first kappa shape index (κ1) is 18.4. The highest BCUT2D eigenvalue weighted by Crippen LogP contribution is 2.24. The number of unbranched alkanes of at least 4 members (excludes halogenated alkanes) is 1. The molecule has 0 unspecified atom stereocenters. The lowest BCUT2D eigenvalue weighted by atomic mass is 10.2. The van der Waals surface area contributed by atoms with E-state index in [1.54, 1.807) is 19.1 Å². The Bertz CT molecular complexity index is 614. The maximum atomic E-state index is 12.4. The predicted octanol–water partition coefficient (Wildman–Crippen LogP) is 1.59. The Labute approximate surface area is 132 Å². The molecular weight excluding hydrogens is 304 g/mol. The maximum absolute atomic E-state index is 12.4. The van der Waals surface area contributed by atoms with Crippen LogP contribution in [0.1, 0.15) is 32.3 Å². The number of nitrogens with one attached hydrogen (secondary N) is 2. The van der Waals surface area contributed by atoms with Gasteiger partial charge in [0, 0.05) is 6.54 Å². The van der Waals surface area contributed by atoms with Crippen LogP contribution in [0.15, 0.2) is 23.1 Å². The molecule has 0 aliphatic rings. The van der Waals surface area contributed by atoms with Crippen molar-refractivity contribution in [2.75, 3.05) is 13.7 Å². The van der Waals surface area contributed by atoms with Crippen LogP contribution in [0.3, 0.4) is 0 Å². The van der Waals surface area contributed by atoms with Crippen molar-refractivity contribution < 1.29 is 17.9 Å². The Morgan fingerprint density at radius 2 is 2.05 bits per heavy atom. The number of aryl methyl sites for hydroxylation is 1. The van der Waals surface area contributed by atoms with E-state index in [4.69, 9.17) is 4.74 Å². The van der Waals surface area contributed by atoms with Gasteiger partial charge in [0.05, 0.1) is 13.2 Å². The second-order valence-electron chi connectivity index (χ2n) is 5.14. The topological polar surface area (TPSA) is 84.5 Å². The number of carbonyl (C=O) groups excluding carboxylic acids is 1. The lowest BCUT2D eigenvalue weighted by molar-refractivity contribution is -0.122. The van der Waals surface area contributed by atoms with E-state index in [2.05, 4.69) is 10.0 Å². The number of hydrogen-bond acceptors (Lipinski definition) is 4. The summed E-state index contributed by atoms with van der Waals surface area (Å²) in [5, 5.41) is 2.70. The Hall–Kier alpha value is -1.60. The number of methoxy groups -OCH3 is 1. The van der Waals surface area contributed by atoms with E-state index in [1.807, 2.05) is 6.92 Å². The number of hydrogen-bond donors (Lipinski definition) is 2. The van der Waals surface area contributed by atoms with E-state index < -0.39 is 16.1 Å². The lowest BCUT2D eigenvalue weighted by Crippen LogP contribution is -2.45. The number of rotatable bonds is 8. The smallest absolute Gasteiger partial charge is 0.244 e. The number of amides is 1. The average molecular weight is 328 g/mol. The number of benzene rings is 1. The molecular formula is C15H24N2O4S. The molecule has 0 saturated heterocycles. The quantitative estimate of drug-likeness (QED) is 0.710. The lowest BCUT2D eigenvalue weighted by Gasteiger charge is -2.16. The van der Waals surface area contributed by atoms with Crippen molar-refractivity contribution >= 4 is 15.9 Å². The van der Waals surface area contributed by atoms with Gasteiger partial charge in [-0.1, -0.05) is 19.4 Å². The fourth-order valence-corrected chi connectivity index (χ4v) is 3.34. The van der Waals surface area contributed by atoms with E-state index in [0.717, 1.165) is 18.4 Å². The Kier molecular flexibility index (Phi) is 6.83. The van der Waals surface area contributed by atoms with E-state index in [1.165, 1.54) is 20.1 Å². The zero-order valence-electron chi connectivity index (χ0n) is 13.5. The molecule has 2 N–H and O–H groups in total. The predicted molar refractivity (Wildman–Crippen MR) is 85.4 cm³/mol. The summed E-state index contributed by atoms with van der Waals surface area (Å²) in [6.07, 6.45) is 1.82. The third-order valence-corrected chi connectivity index (χ3v) is 4.73. The summed E-state index contributed by atoms with van der Waals surface area (Å²) >= 11 is 0. The molecule has 0 radical (unpaired) electrons. The van der Waals surface area contributed by atoms with Crippen molar-refractivity contribution in [3.63, 3.8) is 0 Å². The van der Waals surface area contributed by atoms with Crippen LogP contribution in [0.2, 0.25) is 0 Å². The third-order valence-electron chi connectivity index (χ3n) is 3.16. The van der Waals surface area contributed by atoms with Gasteiger partial charge in [0.25, 0.3) is 0 Å². The minimum Gasteiger partial charge on any atom is -0.495 e. The van der Waals surface area contributed by atoms with E-state index >= 15 is 0 Å². The molecule has 1 amide bonds. The van der Waals surface area contributed by atoms with Crippen LogP contribution >= 0.6 is 0 Å². The molecule has 0 heterocycles. The zero-order chi connectivity index (χ0) is 16.8. The summed E-state index contributed by atoms with van der Waals surface area (Å²) in [7, 11) is -2.43. The van der Waals surface area contributed by atoms with Gasteiger partial charge in [-0.25, -0.2) is 8.42 Å². The second kappa shape index (κ2) is 8.14. The maximum Gasteiger partial charge on any atom is 0.244 e. The standard InChI is InChI=1S/C15H24N2O4S/c1-5-6-9-16-15(18)12(3)17-22(19,20)14-10-11(2)7-8-13(14)21-4/h7-8,10,12,17H,5-6,9H2,1-4H3,(H,16,18)/t12-/m0/s1. The number of ether oxygens (including phenoxy) is 1. The van der Waals surface area contributed by atoms with Crippen molar-refractivity contribution in [1.82, 2.24) is 10.0 Å². The van der Waals surface area contributed by atoms with Gasteiger partial charge in [-0.05, 0) is 38.0 Å². The summed E-state index contributed by atoms with van der Waals surface area (Å²) in [5.74, 6) is -0.0969. The molecule has 0 fully saturated rings. The van der Waals surface area contributed by atoms with Gasteiger partial charge in [0.15, 0.2) is 0 Å². The van der Waals surface area contributed by atoms with Crippen molar-refractivity contribution in [1.29, 1.82) is 0 Å².